The molecule has 0 aliphatic heterocycles. The van der Waals surface area contributed by atoms with Crippen molar-refractivity contribution in [3.63, 3.8) is 0 Å². The van der Waals surface area contributed by atoms with Crippen molar-refractivity contribution in [3.8, 4) is 0 Å². The van der Waals surface area contributed by atoms with Crippen molar-refractivity contribution in [1.29, 1.82) is 0 Å². The first-order valence-corrected chi connectivity index (χ1v) is 9.34. The van der Waals surface area contributed by atoms with Crippen molar-refractivity contribution in [2.75, 3.05) is 31.4 Å². The maximum Gasteiger partial charge on any atom is 0.290 e. The summed E-state index contributed by atoms with van der Waals surface area (Å²) in [5.74, 6) is 0.281. The first-order valence-electron chi connectivity index (χ1n) is 8.58. The third-order valence-corrected chi connectivity index (χ3v) is 4.67. The Labute approximate surface area is 178 Å². The zero-order valence-electron chi connectivity index (χ0n) is 16.0. The average Bonchev–Trinajstić information content (AvgIpc) is 3.07. The van der Waals surface area contributed by atoms with Gasteiger partial charge in [0.1, 0.15) is 0 Å². The van der Waals surface area contributed by atoms with Crippen LogP contribution in [0.15, 0.2) is 48.5 Å². The number of anilines is 2. The second kappa shape index (κ2) is 8.98. The van der Waals surface area contributed by atoms with Crippen LogP contribution in [0.5, 0.6) is 0 Å². The van der Waals surface area contributed by atoms with Gasteiger partial charge >= 0.3 is 0 Å². The first-order chi connectivity index (χ1) is 13.9. The Hall–Kier alpha value is -3.03. The normalized spacial score (nSPS) is 11.8. The fourth-order valence-corrected chi connectivity index (χ4v) is 2.86. The minimum atomic E-state index is -0.409. The van der Waals surface area contributed by atoms with Crippen molar-refractivity contribution in [2.24, 2.45) is 0 Å². The molecule has 3 rings (SSSR count). The van der Waals surface area contributed by atoms with E-state index in [1.165, 1.54) is 19.5 Å². The number of nitrogens with one attached hydrogen (secondary N) is 2. The third-order valence-electron chi connectivity index (χ3n) is 3.95. The van der Waals surface area contributed by atoms with Crippen molar-refractivity contribution in [2.45, 2.75) is 0 Å². The van der Waals surface area contributed by atoms with Gasteiger partial charge in [-0.15, -0.1) is 0 Å². The molecular weight excluding hydrogens is 413 g/mol. The molecule has 1 amide bonds. The van der Waals surface area contributed by atoms with Gasteiger partial charge in [-0.1, -0.05) is 29.3 Å². The number of fused-ring (bicyclic) bond motifs is 1. The van der Waals surface area contributed by atoms with Crippen LogP contribution >= 0.6 is 23.2 Å². The Morgan fingerprint density at radius 2 is 1.86 bits per heavy atom. The first kappa shape index (κ1) is 20.7. The van der Waals surface area contributed by atoms with Gasteiger partial charge in [0, 0.05) is 30.7 Å². The quantitative estimate of drug-likeness (QED) is 0.340. The number of H-pyrrole nitrogens is 1. The summed E-state index contributed by atoms with van der Waals surface area (Å²) in [6.45, 7) is 0. The average molecular weight is 432 g/mol. The van der Waals surface area contributed by atoms with E-state index in [0.717, 1.165) is 16.6 Å². The standard InChI is InChI=1S/C20H19Cl2N5O2/c1-27(2)20-23-10-14(11-24-20)26-19(28)18(29-3)6-4-5-13-7-12-8-15(21)16(22)9-17(12)25-13/h4-11,25H,1-3H3,(H,26,28)/b5-4+,18-6+. The van der Waals surface area contributed by atoms with E-state index in [-0.39, 0.29) is 5.76 Å². The van der Waals surface area contributed by atoms with Crippen LogP contribution in [0.1, 0.15) is 5.69 Å². The van der Waals surface area contributed by atoms with Crippen LogP contribution in [0, 0.1) is 0 Å². The Morgan fingerprint density at radius 1 is 1.17 bits per heavy atom. The van der Waals surface area contributed by atoms with Crippen LogP contribution in [-0.4, -0.2) is 42.1 Å². The highest BCUT2D eigenvalue weighted by Gasteiger charge is 2.10. The molecule has 0 atom stereocenters. The number of rotatable bonds is 6. The minimum absolute atomic E-state index is 0.139. The van der Waals surface area contributed by atoms with E-state index in [2.05, 4.69) is 20.3 Å². The molecule has 0 bridgehead atoms. The summed E-state index contributed by atoms with van der Waals surface area (Å²) in [5, 5.41) is 4.61. The summed E-state index contributed by atoms with van der Waals surface area (Å²) in [6, 6.07) is 5.49. The lowest BCUT2D eigenvalue weighted by Gasteiger charge is -2.10. The minimum Gasteiger partial charge on any atom is -0.491 e. The van der Waals surface area contributed by atoms with Gasteiger partial charge in [-0.2, -0.15) is 0 Å². The highest BCUT2D eigenvalue weighted by atomic mass is 35.5. The molecule has 1 aromatic carbocycles. The van der Waals surface area contributed by atoms with Gasteiger partial charge in [0.05, 0.1) is 35.2 Å². The molecule has 2 heterocycles. The van der Waals surface area contributed by atoms with Crippen LogP contribution in [0.2, 0.25) is 10.0 Å². The van der Waals surface area contributed by atoms with Crippen LogP contribution in [-0.2, 0) is 9.53 Å². The van der Waals surface area contributed by atoms with Crippen LogP contribution in [0.4, 0.5) is 11.6 Å². The smallest absolute Gasteiger partial charge is 0.290 e. The Kier molecular flexibility index (Phi) is 6.41. The maximum absolute atomic E-state index is 12.4. The molecule has 2 N–H and O–H groups in total. The molecule has 3 aromatic rings. The summed E-state index contributed by atoms with van der Waals surface area (Å²) >= 11 is 12.1. The van der Waals surface area contributed by atoms with E-state index < -0.39 is 5.91 Å². The van der Waals surface area contributed by atoms with E-state index in [1.807, 2.05) is 26.2 Å². The highest BCUT2D eigenvalue weighted by molar-refractivity contribution is 6.42. The molecule has 0 saturated heterocycles. The number of hydrogen-bond acceptors (Lipinski definition) is 5. The van der Waals surface area contributed by atoms with Gasteiger partial charge in [0.25, 0.3) is 5.91 Å². The Balaban J connectivity index is 1.71. The van der Waals surface area contributed by atoms with Gasteiger partial charge in [-0.3, -0.25) is 4.79 Å². The second-order valence-corrected chi connectivity index (χ2v) is 7.11. The Morgan fingerprint density at radius 3 is 2.52 bits per heavy atom. The molecule has 0 aliphatic carbocycles. The van der Waals surface area contributed by atoms with Gasteiger partial charge in [-0.25, -0.2) is 9.97 Å². The number of methoxy groups -OCH3 is 1. The van der Waals surface area contributed by atoms with Gasteiger partial charge in [0.2, 0.25) is 5.95 Å². The lowest BCUT2D eigenvalue weighted by atomic mass is 10.2. The fourth-order valence-electron chi connectivity index (χ4n) is 2.52. The topological polar surface area (TPSA) is 83.1 Å². The van der Waals surface area contributed by atoms with Crippen molar-refractivity contribution < 1.29 is 9.53 Å². The number of nitrogens with zero attached hydrogens (tertiary/aromatic N) is 3. The van der Waals surface area contributed by atoms with Crippen LogP contribution in [0.3, 0.4) is 0 Å². The fraction of sp³-hybridized carbons (Fsp3) is 0.150. The molecule has 0 saturated carbocycles. The molecule has 0 radical (unpaired) electrons. The highest BCUT2D eigenvalue weighted by Crippen LogP contribution is 2.28. The lowest BCUT2D eigenvalue weighted by Crippen LogP contribution is -2.17. The number of amides is 1. The molecule has 0 spiro atoms. The van der Waals surface area contributed by atoms with Gasteiger partial charge in [-0.05, 0) is 30.4 Å². The number of ether oxygens (including phenoxy) is 1. The molecule has 0 unspecified atom stereocenters. The lowest BCUT2D eigenvalue weighted by molar-refractivity contribution is -0.115. The predicted octanol–water partition coefficient (Wildman–Crippen LogP) is 4.51. The summed E-state index contributed by atoms with van der Waals surface area (Å²) in [7, 11) is 5.10. The number of benzene rings is 1. The van der Waals surface area contributed by atoms with E-state index in [0.29, 0.717) is 21.7 Å². The number of allylic oxidation sites excluding steroid dienone is 2. The zero-order chi connectivity index (χ0) is 21.0. The monoisotopic (exact) mass is 431 g/mol. The molecule has 150 valence electrons. The number of carbonyl (C=O) groups excluding carboxylic acids is 1. The van der Waals surface area contributed by atoms with Crippen molar-refractivity contribution in [1.82, 2.24) is 15.0 Å². The summed E-state index contributed by atoms with van der Waals surface area (Å²) in [4.78, 5) is 25.7. The Bertz CT molecular complexity index is 1050. The van der Waals surface area contributed by atoms with E-state index >= 15 is 0 Å². The van der Waals surface area contributed by atoms with Crippen molar-refractivity contribution >= 4 is 57.7 Å². The maximum atomic E-state index is 12.4. The number of aromatic nitrogens is 3. The number of carbonyl (C=O) groups is 1. The zero-order valence-corrected chi connectivity index (χ0v) is 17.5. The molecular formula is C20H19Cl2N5O2. The molecule has 9 heteroatoms. The van der Waals surface area contributed by atoms with Gasteiger partial charge in [0.15, 0.2) is 5.76 Å². The van der Waals surface area contributed by atoms with Crippen LogP contribution < -0.4 is 10.2 Å². The molecule has 0 aliphatic rings. The van der Waals surface area contributed by atoms with E-state index in [9.17, 15) is 4.79 Å². The van der Waals surface area contributed by atoms with Crippen LogP contribution in [0.25, 0.3) is 17.0 Å². The SMILES string of the molecule is CO/C(=C/C=C/c1cc2cc(Cl)c(Cl)cc2[nH]1)C(=O)Nc1cnc(N(C)C)nc1. The van der Waals surface area contributed by atoms with Crippen molar-refractivity contribution in [3.05, 3.63) is 64.2 Å². The summed E-state index contributed by atoms with van der Waals surface area (Å²) in [6.07, 6.45) is 8.14. The molecule has 7 nitrogen and oxygen atoms in total. The number of aromatic amines is 1. The summed E-state index contributed by atoms with van der Waals surface area (Å²) < 4.78 is 5.18. The largest absolute Gasteiger partial charge is 0.491 e. The second-order valence-electron chi connectivity index (χ2n) is 6.29. The summed E-state index contributed by atoms with van der Waals surface area (Å²) in [5.41, 5.74) is 2.17. The van der Waals surface area contributed by atoms with E-state index in [1.54, 1.807) is 29.2 Å². The van der Waals surface area contributed by atoms with Gasteiger partial charge < -0.3 is 19.9 Å². The number of halogens is 2. The number of hydrogen-bond donors (Lipinski definition) is 2. The van der Waals surface area contributed by atoms with E-state index in [4.69, 9.17) is 27.9 Å². The predicted molar refractivity (Wildman–Crippen MR) is 117 cm³/mol. The molecule has 2 aromatic heterocycles. The molecule has 29 heavy (non-hydrogen) atoms. The third kappa shape index (κ3) is 5.07. The molecule has 0 fully saturated rings.